The molecular weight excluding hydrogens is 152 g/mol. The monoisotopic (exact) mass is 160 g/mol. The van der Waals surface area contributed by atoms with Crippen LogP contribution in [-0.2, 0) is 19.0 Å². The van der Waals surface area contributed by atoms with E-state index in [1.54, 1.807) is 0 Å². The van der Waals surface area contributed by atoms with Gasteiger partial charge in [-0.15, -0.1) is 0 Å². The Bertz CT molecular complexity index is 199. The molecule has 0 N–H and O–H groups in total. The summed E-state index contributed by atoms with van der Waals surface area (Å²) in [6, 6.07) is 0. The first-order valence-electron chi connectivity index (χ1n) is 3.03. The molecule has 1 fully saturated rings. The Kier molecular flexibility index (Phi) is 1.72. The van der Waals surface area contributed by atoms with Crippen molar-refractivity contribution >= 4 is 12.1 Å². The molecule has 5 heteroatoms. The summed E-state index contributed by atoms with van der Waals surface area (Å²) in [5.41, 5.74) is -1.26. The van der Waals surface area contributed by atoms with E-state index in [0.717, 1.165) is 0 Å². The van der Waals surface area contributed by atoms with E-state index in [-0.39, 0.29) is 6.61 Å². The van der Waals surface area contributed by atoms with Gasteiger partial charge in [0.1, 0.15) is 6.61 Å². The number of hydrogen-bond donors (Lipinski definition) is 0. The fourth-order valence-electron chi connectivity index (χ4n) is 0.756. The molecule has 0 amide bonds. The van der Waals surface area contributed by atoms with Gasteiger partial charge in [-0.2, -0.15) is 0 Å². The number of carbonyl (C=O) groups excluding carboxylic acids is 2. The third-order valence-electron chi connectivity index (χ3n) is 1.39. The Balaban J connectivity index is 2.69. The van der Waals surface area contributed by atoms with Gasteiger partial charge < -0.3 is 14.2 Å². The second-order valence-corrected chi connectivity index (χ2v) is 2.36. The first-order valence-corrected chi connectivity index (χ1v) is 3.03. The van der Waals surface area contributed by atoms with E-state index >= 15 is 0 Å². The quantitative estimate of drug-likeness (QED) is 0.508. The van der Waals surface area contributed by atoms with E-state index in [9.17, 15) is 9.59 Å². The van der Waals surface area contributed by atoms with Crippen molar-refractivity contribution in [1.82, 2.24) is 0 Å². The van der Waals surface area contributed by atoms with E-state index in [0.29, 0.717) is 0 Å². The lowest BCUT2D eigenvalue weighted by atomic mass is 10.1. The summed E-state index contributed by atoms with van der Waals surface area (Å²) in [5, 5.41) is 0. The van der Waals surface area contributed by atoms with Crippen LogP contribution in [0.5, 0.6) is 0 Å². The first-order chi connectivity index (χ1) is 5.08. The number of cyclic esters (lactones) is 2. The SMILES string of the molecule is COC(=O)C1(C)COC(=O)O1. The van der Waals surface area contributed by atoms with Crippen LogP contribution in [0.15, 0.2) is 0 Å². The molecule has 0 aromatic rings. The Morgan fingerprint density at radius 3 is 2.73 bits per heavy atom. The van der Waals surface area contributed by atoms with Crippen molar-refractivity contribution in [2.24, 2.45) is 0 Å². The maximum Gasteiger partial charge on any atom is 0.509 e. The molecular formula is C6H8O5. The van der Waals surface area contributed by atoms with Crippen LogP contribution >= 0.6 is 0 Å². The molecule has 0 saturated carbocycles. The standard InChI is InChI=1S/C6H8O5/c1-6(4(7)9-2)3-10-5(8)11-6/h3H2,1-2H3. The average molecular weight is 160 g/mol. The zero-order chi connectivity index (χ0) is 8.48. The van der Waals surface area contributed by atoms with E-state index in [1.807, 2.05) is 0 Å². The van der Waals surface area contributed by atoms with Gasteiger partial charge in [0.15, 0.2) is 0 Å². The van der Waals surface area contributed by atoms with Crippen LogP contribution in [-0.4, -0.2) is 31.4 Å². The van der Waals surface area contributed by atoms with E-state index in [1.165, 1.54) is 14.0 Å². The summed E-state index contributed by atoms with van der Waals surface area (Å²) in [5.74, 6) is -0.608. The van der Waals surface area contributed by atoms with E-state index < -0.39 is 17.7 Å². The maximum absolute atomic E-state index is 10.9. The minimum absolute atomic E-state index is 0.0848. The molecule has 1 rings (SSSR count). The predicted octanol–water partition coefficient (Wildman–Crippen LogP) is 0.0849. The van der Waals surface area contributed by atoms with Crippen LogP contribution < -0.4 is 0 Å². The molecule has 0 bridgehead atoms. The summed E-state index contributed by atoms with van der Waals surface area (Å²) in [4.78, 5) is 21.3. The van der Waals surface area contributed by atoms with Gasteiger partial charge >= 0.3 is 12.1 Å². The lowest BCUT2D eigenvalue weighted by molar-refractivity contribution is -0.157. The molecule has 0 spiro atoms. The summed E-state index contributed by atoms with van der Waals surface area (Å²) >= 11 is 0. The molecule has 1 saturated heterocycles. The van der Waals surface area contributed by atoms with Crippen LogP contribution in [0.1, 0.15) is 6.92 Å². The normalized spacial score (nSPS) is 29.1. The van der Waals surface area contributed by atoms with Gasteiger partial charge in [-0.25, -0.2) is 9.59 Å². The highest BCUT2D eigenvalue weighted by Gasteiger charge is 2.46. The Hall–Kier alpha value is -1.26. The fourth-order valence-corrected chi connectivity index (χ4v) is 0.756. The third-order valence-corrected chi connectivity index (χ3v) is 1.39. The van der Waals surface area contributed by atoms with Gasteiger partial charge in [0.05, 0.1) is 7.11 Å². The number of carbonyl (C=O) groups is 2. The lowest BCUT2D eigenvalue weighted by Crippen LogP contribution is -2.38. The molecule has 0 aromatic carbocycles. The zero-order valence-corrected chi connectivity index (χ0v) is 6.25. The number of esters is 1. The average Bonchev–Trinajstić information content (AvgIpc) is 2.31. The van der Waals surface area contributed by atoms with Crippen LogP contribution in [0, 0.1) is 0 Å². The van der Waals surface area contributed by atoms with Gasteiger partial charge in [-0.3, -0.25) is 0 Å². The smallest absolute Gasteiger partial charge is 0.466 e. The van der Waals surface area contributed by atoms with Gasteiger partial charge in [0.25, 0.3) is 0 Å². The number of methoxy groups -OCH3 is 1. The number of ether oxygens (including phenoxy) is 3. The Morgan fingerprint density at radius 2 is 2.36 bits per heavy atom. The molecule has 5 nitrogen and oxygen atoms in total. The molecule has 1 atom stereocenters. The molecule has 1 heterocycles. The number of hydrogen-bond acceptors (Lipinski definition) is 5. The Morgan fingerprint density at radius 1 is 1.73 bits per heavy atom. The molecule has 0 aromatic heterocycles. The van der Waals surface area contributed by atoms with Crippen molar-refractivity contribution in [1.29, 1.82) is 0 Å². The number of rotatable bonds is 1. The molecule has 0 radical (unpaired) electrons. The molecule has 62 valence electrons. The molecule has 0 aliphatic carbocycles. The van der Waals surface area contributed by atoms with Crippen LogP contribution in [0.4, 0.5) is 4.79 Å². The van der Waals surface area contributed by atoms with Crippen molar-refractivity contribution in [3.8, 4) is 0 Å². The predicted molar refractivity (Wildman–Crippen MR) is 32.9 cm³/mol. The second kappa shape index (κ2) is 2.41. The van der Waals surface area contributed by atoms with Gasteiger partial charge in [0, 0.05) is 0 Å². The fraction of sp³-hybridized carbons (Fsp3) is 0.667. The van der Waals surface area contributed by atoms with Crippen molar-refractivity contribution < 1.29 is 23.8 Å². The highest BCUT2D eigenvalue weighted by molar-refractivity contribution is 5.83. The summed E-state index contributed by atoms with van der Waals surface area (Å²) in [7, 11) is 1.22. The largest absolute Gasteiger partial charge is 0.509 e. The highest BCUT2D eigenvalue weighted by atomic mass is 16.8. The second-order valence-electron chi connectivity index (χ2n) is 2.36. The summed E-state index contributed by atoms with van der Waals surface area (Å²) in [6.07, 6.45) is -0.835. The van der Waals surface area contributed by atoms with Crippen LogP contribution in [0.2, 0.25) is 0 Å². The first kappa shape index (κ1) is 7.84. The minimum atomic E-state index is -1.26. The summed E-state index contributed by atoms with van der Waals surface area (Å²) < 4.78 is 13.4. The third kappa shape index (κ3) is 1.26. The van der Waals surface area contributed by atoms with Gasteiger partial charge in [0.2, 0.25) is 5.60 Å². The van der Waals surface area contributed by atoms with Gasteiger partial charge in [-0.1, -0.05) is 0 Å². The van der Waals surface area contributed by atoms with E-state index in [2.05, 4.69) is 14.2 Å². The van der Waals surface area contributed by atoms with Crippen LogP contribution in [0.25, 0.3) is 0 Å². The molecule has 1 aliphatic heterocycles. The van der Waals surface area contributed by atoms with Gasteiger partial charge in [-0.05, 0) is 6.92 Å². The van der Waals surface area contributed by atoms with Crippen molar-refractivity contribution in [2.75, 3.05) is 13.7 Å². The highest BCUT2D eigenvalue weighted by Crippen LogP contribution is 2.20. The van der Waals surface area contributed by atoms with Crippen molar-refractivity contribution in [2.45, 2.75) is 12.5 Å². The maximum atomic E-state index is 10.9. The lowest BCUT2D eigenvalue weighted by Gasteiger charge is -2.14. The van der Waals surface area contributed by atoms with E-state index in [4.69, 9.17) is 0 Å². The topological polar surface area (TPSA) is 61.8 Å². The van der Waals surface area contributed by atoms with Crippen molar-refractivity contribution in [3.63, 3.8) is 0 Å². The van der Waals surface area contributed by atoms with Crippen LogP contribution in [0.3, 0.4) is 0 Å². The summed E-state index contributed by atoms with van der Waals surface area (Å²) in [6.45, 7) is 1.35. The Labute approximate surface area is 63.2 Å². The minimum Gasteiger partial charge on any atom is -0.466 e. The zero-order valence-electron chi connectivity index (χ0n) is 6.25. The molecule has 1 aliphatic rings. The molecule has 1 unspecified atom stereocenters. The van der Waals surface area contributed by atoms with Crippen molar-refractivity contribution in [3.05, 3.63) is 0 Å². The molecule has 11 heavy (non-hydrogen) atoms.